The Hall–Kier alpha value is -2.41. The van der Waals surface area contributed by atoms with E-state index in [0.29, 0.717) is 27.7 Å². The van der Waals surface area contributed by atoms with Crippen molar-refractivity contribution in [3.05, 3.63) is 79.9 Å². The molecule has 2 amide bonds. The average molecular weight is 446 g/mol. The Kier molecular flexibility index (Phi) is 5.85. The summed E-state index contributed by atoms with van der Waals surface area (Å²) in [6.45, 7) is 0.369. The summed E-state index contributed by atoms with van der Waals surface area (Å²) in [6.07, 6.45) is 6.16. The maximum atomic E-state index is 13.0. The molecule has 2 heterocycles. The first-order valence-electron chi connectivity index (χ1n) is 9.11. The number of aromatic nitrogens is 1. The number of carbonyl (C=O) groups excluding carboxylic acids is 2. The van der Waals surface area contributed by atoms with Gasteiger partial charge in [0.1, 0.15) is 5.00 Å². The van der Waals surface area contributed by atoms with Gasteiger partial charge in [-0.05, 0) is 54.7 Å². The predicted octanol–water partition coefficient (Wildman–Crippen LogP) is 5.12. The fraction of sp³-hybridized carbons (Fsp3) is 0.190. The lowest BCUT2D eigenvalue weighted by Gasteiger charge is -2.10. The van der Waals surface area contributed by atoms with E-state index in [1.165, 1.54) is 17.4 Å². The van der Waals surface area contributed by atoms with Gasteiger partial charge in [-0.1, -0.05) is 29.3 Å². The summed E-state index contributed by atoms with van der Waals surface area (Å²) in [6, 6.07) is 8.43. The number of amides is 2. The molecule has 0 radical (unpaired) electrons. The van der Waals surface area contributed by atoms with Crippen LogP contribution in [0.5, 0.6) is 0 Å². The molecule has 0 bridgehead atoms. The lowest BCUT2D eigenvalue weighted by molar-refractivity contribution is 0.0951. The molecule has 3 aromatic rings. The number of nitrogens with one attached hydrogen (secondary N) is 2. The number of fused-ring (bicyclic) bond motifs is 1. The van der Waals surface area contributed by atoms with Crippen LogP contribution in [0.3, 0.4) is 0 Å². The zero-order valence-corrected chi connectivity index (χ0v) is 17.6. The Morgan fingerprint density at radius 1 is 1.14 bits per heavy atom. The minimum Gasteiger partial charge on any atom is -0.348 e. The molecule has 0 unspecified atom stereocenters. The molecule has 2 aromatic heterocycles. The number of anilines is 1. The number of halogens is 2. The van der Waals surface area contributed by atoms with Crippen LogP contribution in [0.1, 0.15) is 43.1 Å². The van der Waals surface area contributed by atoms with Crippen LogP contribution >= 0.6 is 34.5 Å². The van der Waals surface area contributed by atoms with Crippen LogP contribution < -0.4 is 10.6 Å². The maximum absolute atomic E-state index is 13.0. The van der Waals surface area contributed by atoms with Crippen LogP contribution in [0.25, 0.3) is 0 Å². The Labute approximate surface area is 182 Å². The topological polar surface area (TPSA) is 71.1 Å². The minimum atomic E-state index is -0.368. The van der Waals surface area contributed by atoms with Gasteiger partial charge in [-0.3, -0.25) is 14.6 Å². The van der Waals surface area contributed by atoms with Crippen molar-refractivity contribution in [2.75, 3.05) is 5.32 Å². The molecular weight excluding hydrogens is 429 g/mol. The van der Waals surface area contributed by atoms with E-state index in [0.717, 1.165) is 35.3 Å². The van der Waals surface area contributed by atoms with Crippen LogP contribution in [0.15, 0.2) is 42.7 Å². The normalized spacial score (nSPS) is 12.5. The molecule has 0 saturated heterocycles. The van der Waals surface area contributed by atoms with E-state index in [4.69, 9.17) is 23.2 Å². The number of carbonyl (C=O) groups is 2. The van der Waals surface area contributed by atoms with Gasteiger partial charge >= 0.3 is 0 Å². The standard InChI is InChI=1S/C21H17Cl2N3O2S/c22-13-6-7-14(16(23)9-13)19(27)26-21-18(15-4-1-5-17(15)29-21)20(28)25-11-12-3-2-8-24-10-12/h2-3,6-10H,1,4-5,11H2,(H,25,28)(H,26,27). The second-order valence-corrected chi connectivity index (χ2v) is 8.63. The van der Waals surface area contributed by atoms with Crippen molar-refractivity contribution in [2.45, 2.75) is 25.8 Å². The fourth-order valence-electron chi connectivity index (χ4n) is 3.35. The van der Waals surface area contributed by atoms with Crippen molar-refractivity contribution in [1.29, 1.82) is 0 Å². The highest BCUT2D eigenvalue weighted by Gasteiger charge is 2.28. The molecule has 4 rings (SSSR count). The summed E-state index contributed by atoms with van der Waals surface area (Å²) in [5, 5.41) is 7.08. The second kappa shape index (κ2) is 8.53. The second-order valence-electron chi connectivity index (χ2n) is 6.68. The van der Waals surface area contributed by atoms with Gasteiger partial charge in [-0.25, -0.2) is 0 Å². The van der Waals surface area contributed by atoms with Gasteiger partial charge < -0.3 is 10.6 Å². The van der Waals surface area contributed by atoms with Crippen LogP contribution in [0, 0.1) is 0 Å². The van der Waals surface area contributed by atoms with Crippen molar-refractivity contribution < 1.29 is 9.59 Å². The molecule has 0 atom stereocenters. The summed E-state index contributed by atoms with van der Waals surface area (Å²) < 4.78 is 0. The van der Waals surface area contributed by atoms with Crippen molar-refractivity contribution in [3.8, 4) is 0 Å². The fourth-order valence-corrected chi connectivity index (χ4v) is 5.13. The smallest absolute Gasteiger partial charge is 0.257 e. The molecule has 0 fully saturated rings. The number of benzene rings is 1. The van der Waals surface area contributed by atoms with E-state index in [1.807, 2.05) is 12.1 Å². The maximum Gasteiger partial charge on any atom is 0.257 e. The van der Waals surface area contributed by atoms with E-state index in [-0.39, 0.29) is 16.8 Å². The first-order valence-corrected chi connectivity index (χ1v) is 10.7. The predicted molar refractivity (Wildman–Crippen MR) is 116 cm³/mol. The first kappa shape index (κ1) is 19.9. The molecule has 0 spiro atoms. The van der Waals surface area contributed by atoms with Gasteiger partial charge in [-0.15, -0.1) is 11.3 Å². The highest BCUT2D eigenvalue weighted by molar-refractivity contribution is 7.17. The lowest BCUT2D eigenvalue weighted by Crippen LogP contribution is -2.25. The van der Waals surface area contributed by atoms with Gasteiger partial charge in [0.05, 0.1) is 16.1 Å². The molecule has 1 aliphatic rings. The molecule has 5 nitrogen and oxygen atoms in total. The third-order valence-corrected chi connectivity index (χ3v) is 6.48. The van der Waals surface area contributed by atoms with Gasteiger partial charge in [0.2, 0.25) is 0 Å². The average Bonchev–Trinajstić information content (AvgIpc) is 3.27. The van der Waals surface area contributed by atoms with Gasteiger partial charge in [0.15, 0.2) is 0 Å². The number of thiophene rings is 1. The highest BCUT2D eigenvalue weighted by Crippen LogP contribution is 2.39. The Morgan fingerprint density at radius 2 is 2.00 bits per heavy atom. The molecule has 1 aliphatic carbocycles. The zero-order chi connectivity index (χ0) is 20.4. The van der Waals surface area contributed by atoms with Gasteiger partial charge in [-0.2, -0.15) is 0 Å². The lowest BCUT2D eigenvalue weighted by atomic mass is 10.1. The van der Waals surface area contributed by atoms with Crippen molar-refractivity contribution in [3.63, 3.8) is 0 Å². The third kappa shape index (κ3) is 4.29. The molecule has 0 saturated carbocycles. The molecule has 0 aliphatic heterocycles. The summed E-state index contributed by atoms with van der Waals surface area (Å²) >= 11 is 13.5. The summed E-state index contributed by atoms with van der Waals surface area (Å²) in [5.41, 5.74) is 2.79. The van der Waals surface area contributed by atoms with Crippen LogP contribution in [0.4, 0.5) is 5.00 Å². The van der Waals surface area contributed by atoms with Crippen LogP contribution in [-0.2, 0) is 19.4 Å². The first-order chi connectivity index (χ1) is 14.0. The highest BCUT2D eigenvalue weighted by atomic mass is 35.5. The van der Waals surface area contributed by atoms with E-state index in [2.05, 4.69) is 15.6 Å². The van der Waals surface area contributed by atoms with Crippen molar-refractivity contribution in [1.82, 2.24) is 10.3 Å². The Bertz CT molecular complexity index is 1080. The quantitative estimate of drug-likeness (QED) is 0.572. The Balaban J connectivity index is 1.57. The van der Waals surface area contributed by atoms with E-state index in [9.17, 15) is 9.59 Å². The summed E-state index contributed by atoms with van der Waals surface area (Å²) in [7, 11) is 0. The molecule has 1 aromatic carbocycles. The molecular formula is C21H17Cl2N3O2S. The van der Waals surface area contributed by atoms with Crippen LogP contribution in [-0.4, -0.2) is 16.8 Å². The van der Waals surface area contributed by atoms with Crippen molar-refractivity contribution in [2.24, 2.45) is 0 Å². The SMILES string of the molecule is O=C(Nc1sc2c(c1C(=O)NCc1cccnc1)CCC2)c1ccc(Cl)cc1Cl. The number of pyridine rings is 1. The largest absolute Gasteiger partial charge is 0.348 e. The third-order valence-electron chi connectivity index (χ3n) is 4.73. The number of rotatable bonds is 5. The number of aryl methyl sites for hydroxylation is 1. The molecule has 148 valence electrons. The van der Waals surface area contributed by atoms with E-state index >= 15 is 0 Å². The van der Waals surface area contributed by atoms with E-state index < -0.39 is 0 Å². The Morgan fingerprint density at radius 3 is 2.76 bits per heavy atom. The zero-order valence-electron chi connectivity index (χ0n) is 15.3. The van der Waals surface area contributed by atoms with Gasteiger partial charge in [0.25, 0.3) is 11.8 Å². The number of hydrogen-bond acceptors (Lipinski definition) is 4. The monoisotopic (exact) mass is 445 g/mol. The molecule has 29 heavy (non-hydrogen) atoms. The number of nitrogens with zero attached hydrogens (tertiary/aromatic N) is 1. The summed E-state index contributed by atoms with van der Waals surface area (Å²) in [4.78, 5) is 30.9. The summed E-state index contributed by atoms with van der Waals surface area (Å²) in [5.74, 6) is -0.571. The minimum absolute atomic E-state index is 0.203. The van der Waals surface area contributed by atoms with Gasteiger partial charge in [0, 0.05) is 28.8 Å². The molecule has 8 heteroatoms. The van der Waals surface area contributed by atoms with Crippen LogP contribution in [0.2, 0.25) is 10.0 Å². The van der Waals surface area contributed by atoms with E-state index in [1.54, 1.807) is 24.5 Å². The van der Waals surface area contributed by atoms with Crippen molar-refractivity contribution >= 4 is 51.4 Å². The number of hydrogen-bond donors (Lipinski definition) is 2. The molecule has 2 N–H and O–H groups in total.